The largest absolute Gasteiger partial charge is 0.573 e. The maximum atomic E-state index is 13.0. The van der Waals surface area contributed by atoms with Crippen LogP contribution in [0.3, 0.4) is 0 Å². The third-order valence-corrected chi connectivity index (χ3v) is 7.58. The van der Waals surface area contributed by atoms with Crippen LogP contribution >= 0.6 is 11.6 Å². The average molecular weight is 555 g/mol. The summed E-state index contributed by atoms with van der Waals surface area (Å²) in [5.74, 6) is 0.0114. The van der Waals surface area contributed by atoms with Crippen molar-refractivity contribution in [2.75, 3.05) is 13.1 Å². The van der Waals surface area contributed by atoms with Gasteiger partial charge in [0.1, 0.15) is 11.8 Å². The minimum atomic E-state index is -4.75. The summed E-state index contributed by atoms with van der Waals surface area (Å²) in [6, 6.07) is 13.6. The van der Waals surface area contributed by atoms with Gasteiger partial charge in [0.05, 0.1) is 16.1 Å². The molecule has 0 N–H and O–H groups in total. The number of halogens is 4. The zero-order valence-electron chi connectivity index (χ0n) is 21.0. The second kappa shape index (κ2) is 11.2. The van der Waals surface area contributed by atoms with E-state index in [4.69, 9.17) is 11.6 Å². The summed E-state index contributed by atoms with van der Waals surface area (Å²) in [7, 11) is 0. The number of amides is 1. The Hall–Kier alpha value is -3.61. The Bertz CT molecular complexity index is 1400. The fourth-order valence-electron chi connectivity index (χ4n) is 5.37. The van der Waals surface area contributed by atoms with Crippen molar-refractivity contribution in [3.05, 3.63) is 93.3 Å². The molecule has 39 heavy (non-hydrogen) atoms. The molecule has 1 saturated heterocycles. The number of hydrogen-bond acceptors (Lipinski definition) is 5. The fourth-order valence-corrected chi connectivity index (χ4v) is 5.72. The molecule has 0 bridgehead atoms. The molecule has 1 fully saturated rings. The maximum Gasteiger partial charge on any atom is 0.573 e. The third-order valence-electron chi connectivity index (χ3n) is 7.28. The van der Waals surface area contributed by atoms with Crippen LogP contribution in [0.2, 0.25) is 5.02 Å². The summed E-state index contributed by atoms with van der Waals surface area (Å²) >= 11 is 6.57. The van der Waals surface area contributed by atoms with E-state index < -0.39 is 6.36 Å². The van der Waals surface area contributed by atoms with E-state index in [0.29, 0.717) is 34.2 Å². The lowest BCUT2D eigenvalue weighted by Gasteiger charge is -2.32. The van der Waals surface area contributed by atoms with Crippen molar-refractivity contribution in [1.82, 2.24) is 14.8 Å². The Morgan fingerprint density at radius 1 is 1.08 bits per heavy atom. The van der Waals surface area contributed by atoms with Crippen molar-refractivity contribution in [3.8, 4) is 11.8 Å². The Balaban J connectivity index is 1.18. The minimum absolute atomic E-state index is 0.182. The number of alkyl halides is 3. The monoisotopic (exact) mass is 554 g/mol. The number of ether oxygens (including phenoxy) is 1. The average Bonchev–Trinajstić information content (AvgIpc) is 3.21. The van der Waals surface area contributed by atoms with Gasteiger partial charge >= 0.3 is 6.36 Å². The first-order valence-corrected chi connectivity index (χ1v) is 13.1. The molecule has 202 valence electrons. The third kappa shape index (κ3) is 6.52. The molecule has 3 heterocycles. The van der Waals surface area contributed by atoms with Crippen LogP contribution in [0.25, 0.3) is 0 Å². The Morgan fingerprint density at radius 2 is 1.82 bits per heavy atom. The molecule has 2 aromatic carbocycles. The molecule has 3 aromatic rings. The van der Waals surface area contributed by atoms with Gasteiger partial charge in [-0.15, -0.1) is 13.2 Å². The molecule has 2 aliphatic heterocycles. The van der Waals surface area contributed by atoms with Crippen LogP contribution in [0.1, 0.15) is 51.0 Å². The summed E-state index contributed by atoms with van der Waals surface area (Å²) in [5, 5.41) is 9.74. The number of carbonyl (C=O) groups excluding carboxylic acids is 1. The number of fused-ring (bicyclic) bond motifs is 1. The van der Waals surface area contributed by atoms with Gasteiger partial charge in [-0.1, -0.05) is 29.8 Å². The van der Waals surface area contributed by atoms with E-state index in [1.807, 2.05) is 12.1 Å². The lowest BCUT2D eigenvalue weighted by atomic mass is 9.89. The van der Waals surface area contributed by atoms with E-state index in [1.165, 1.54) is 24.3 Å². The number of piperidine rings is 1. The van der Waals surface area contributed by atoms with Gasteiger partial charge in [-0.05, 0) is 84.8 Å². The molecule has 0 aliphatic carbocycles. The van der Waals surface area contributed by atoms with Crippen LogP contribution < -0.4 is 4.74 Å². The van der Waals surface area contributed by atoms with Crippen LogP contribution in [-0.2, 0) is 26.1 Å². The van der Waals surface area contributed by atoms with E-state index in [0.717, 1.165) is 55.6 Å². The fraction of sp³-hybridized carbons (Fsp3) is 0.345. The van der Waals surface area contributed by atoms with Crippen molar-refractivity contribution >= 4 is 17.5 Å². The highest BCUT2D eigenvalue weighted by molar-refractivity contribution is 6.34. The zero-order valence-corrected chi connectivity index (χ0v) is 21.8. The van der Waals surface area contributed by atoms with Gasteiger partial charge < -0.3 is 9.64 Å². The molecule has 0 saturated carbocycles. The standard InChI is InChI=1S/C29H26ClF3N4O2/c30-26-13-21(11-19-6-9-36(10-7-19)17-22-5-8-35-15-24(22)14-34)12-23-18-37(28(38)27(23)26)16-20-1-3-25(4-2-20)39-29(31,32)33/h1-5,8,12-13,15,19H,6-7,9-11,16-18H2. The first-order valence-electron chi connectivity index (χ1n) is 12.7. The summed E-state index contributed by atoms with van der Waals surface area (Å²) in [4.78, 5) is 21.1. The number of likely N-dealkylation sites (tertiary alicyclic amines) is 1. The van der Waals surface area contributed by atoms with Gasteiger partial charge in [0.2, 0.25) is 0 Å². The van der Waals surface area contributed by atoms with Crippen LogP contribution in [0, 0.1) is 17.2 Å². The van der Waals surface area contributed by atoms with Gasteiger partial charge in [-0.2, -0.15) is 5.26 Å². The number of nitriles is 1. The molecule has 6 nitrogen and oxygen atoms in total. The predicted octanol–water partition coefficient (Wildman–Crippen LogP) is 6.12. The first kappa shape index (κ1) is 27.0. The highest BCUT2D eigenvalue weighted by atomic mass is 35.5. The van der Waals surface area contributed by atoms with Crippen molar-refractivity contribution < 1.29 is 22.7 Å². The first-order chi connectivity index (χ1) is 18.7. The van der Waals surface area contributed by atoms with Crippen LogP contribution in [-0.4, -0.2) is 40.1 Å². The molecule has 0 atom stereocenters. The van der Waals surface area contributed by atoms with E-state index in [9.17, 15) is 23.2 Å². The van der Waals surface area contributed by atoms with Crippen LogP contribution in [0.4, 0.5) is 13.2 Å². The van der Waals surface area contributed by atoms with Crippen LogP contribution in [0.15, 0.2) is 54.9 Å². The van der Waals surface area contributed by atoms with E-state index >= 15 is 0 Å². The molecular weight excluding hydrogens is 529 g/mol. The highest BCUT2D eigenvalue weighted by Gasteiger charge is 2.32. The smallest absolute Gasteiger partial charge is 0.406 e. The van der Waals surface area contributed by atoms with E-state index in [1.54, 1.807) is 17.3 Å². The van der Waals surface area contributed by atoms with Gasteiger partial charge in [-0.25, -0.2) is 0 Å². The molecule has 5 rings (SSSR count). The van der Waals surface area contributed by atoms with Crippen molar-refractivity contribution in [2.24, 2.45) is 5.92 Å². The van der Waals surface area contributed by atoms with Crippen molar-refractivity contribution in [3.63, 3.8) is 0 Å². The summed E-state index contributed by atoms with van der Waals surface area (Å²) in [6.07, 6.45) is 1.50. The lowest BCUT2D eigenvalue weighted by Crippen LogP contribution is -2.34. The van der Waals surface area contributed by atoms with Gasteiger partial charge in [0.15, 0.2) is 0 Å². The second-order valence-electron chi connectivity index (χ2n) is 10.0. The quantitative estimate of drug-likeness (QED) is 0.352. The number of nitrogens with zero attached hydrogens (tertiary/aromatic N) is 4. The second-order valence-corrected chi connectivity index (χ2v) is 10.4. The maximum absolute atomic E-state index is 13.0. The molecule has 0 unspecified atom stereocenters. The molecular formula is C29H26ClF3N4O2. The number of benzene rings is 2. The van der Waals surface area contributed by atoms with E-state index in [2.05, 4.69) is 26.8 Å². The molecule has 10 heteroatoms. The SMILES string of the molecule is N#Cc1cnccc1CN1CCC(Cc2cc(Cl)c3c(c2)CN(Cc2ccc(OC(F)(F)F)cc2)C3=O)CC1. The Kier molecular flexibility index (Phi) is 7.78. The Morgan fingerprint density at radius 3 is 2.51 bits per heavy atom. The normalized spacial score (nSPS) is 16.3. The molecule has 1 amide bonds. The Labute approximate surface area is 229 Å². The molecule has 2 aliphatic rings. The molecule has 0 spiro atoms. The molecule has 1 aromatic heterocycles. The van der Waals surface area contributed by atoms with Gasteiger partial charge in [0, 0.05) is 32.0 Å². The van der Waals surface area contributed by atoms with Crippen molar-refractivity contribution in [2.45, 2.75) is 45.3 Å². The van der Waals surface area contributed by atoms with Crippen molar-refractivity contribution in [1.29, 1.82) is 5.26 Å². The molecule has 0 radical (unpaired) electrons. The summed E-state index contributed by atoms with van der Waals surface area (Å²) in [6.45, 7) is 3.27. The number of pyridine rings is 1. The van der Waals surface area contributed by atoms with E-state index in [-0.39, 0.29) is 18.2 Å². The zero-order chi connectivity index (χ0) is 27.6. The predicted molar refractivity (Wildman–Crippen MR) is 139 cm³/mol. The lowest BCUT2D eigenvalue weighted by molar-refractivity contribution is -0.274. The summed E-state index contributed by atoms with van der Waals surface area (Å²) < 4.78 is 41.2. The highest BCUT2D eigenvalue weighted by Crippen LogP contribution is 2.34. The number of carbonyl (C=O) groups is 1. The van der Waals surface area contributed by atoms with Gasteiger partial charge in [0.25, 0.3) is 5.91 Å². The number of hydrogen-bond donors (Lipinski definition) is 0. The minimum Gasteiger partial charge on any atom is -0.406 e. The summed E-state index contributed by atoms with van der Waals surface area (Å²) in [5.41, 5.74) is 4.78. The van der Waals surface area contributed by atoms with Gasteiger partial charge in [-0.3, -0.25) is 14.7 Å². The number of aromatic nitrogens is 1. The van der Waals surface area contributed by atoms with Crippen LogP contribution in [0.5, 0.6) is 5.75 Å². The number of rotatable bonds is 7. The topological polar surface area (TPSA) is 69.5 Å².